The van der Waals surface area contributed by atoms with E-state index < -0.39 is 0 Å². The van der Waals surface area contributed by atoms with Crippen molar-refractivity contribution in [2.24, 2.45) is 0 Å². The lowest BCUT2D eigenvalue weighted by molar-refractivity contribution is 0.119. The van der Waals surface area contributed by atoms with Gasteiger partial charge in [0.25, 0.3) is 5.82 Å². The van der Waals surface area contributed by atoms with Crippen LogP contribution in [0.5, 0.6) is 11.5 Å². The van der Waals surface area contributed by atoms with Gasteiger partial charge in [0.05, 0.1) is 20.3 Å². The van der Waals surface area contributed by atoms with E-state index >= 15 is 0 Å². The van der Waals surface area contributed by atoms with E-state index in [0.29, 0.717) is 26.2 Å². The van der Waals surface area contributed by atoms with Gasteiger partial charge in [0.1, 0.15) is 23.9 Å². The largest absolute Gasteiger partial charge is 0.497 e. The van der Waals surface area contributed by atoms with Crippen molar-refractivity contribution in [3.63, 3.8) is 0 Å². The Kier molecular flexibility index (Phi) is 6.33. The molecule has 4 rings (SSSR count). The van der Waals surface area contributed by atoms with Crippen molar-refractivity contribution >= 4 is 6.03 Å². The van der Waals surface area contributed by atoms with Crippen LogP contribution in [0.2, 0.25) is 0 Å². The monoisotopic (exact) mass is 432 g/mol. The maximum absolute atomic E-state index is 12.7. The highest BCUT2D eigenvalue weighted by molar-refractivity contribution is 5.75. The lowest BCUT2D eigenvalue weighted by atomic mass is 9.96. The summed E-state index contributed by atoms with van der Waals surface area (Å²) in [4.78, 5) is 20.6. The fraction of sp³-hybridized carbons (Fsp3) is 0.304. The molecule has 0 aliphatic carbocycles. The predicted molar refractivity (Wildman–Crippen MR) is 117 cm³/mol. The Labute approximate surface area is 186 Å². The summed E-state index contributed by atoms with van der Waals surface area (Å²) < 4.78 is 12.0. The Balaban J connectivity index is 1.57. The third-order valence-corrected chi connectivity index (χ3v) is 5.56. The molecular formula is C23H24N6O3. The van der Waals surface area contributed by atoms with E-state index in [4.69, 9.17) is 14.7 Å². The summed E-state index contributed by atoms with van der Waals surface area (Å²) in [6, 6.07) is 17.6. The summed E-state index contributed by atoms with van der Waals surface area (Å²) in [7, 11) is 3.32. The van der Waals surface area contributed by atoms with Crippen LogP contribution in [0, 0.1) is 11.3 Å². The molecule has 0 saturated carbocycles. The molecule has 0 atom stereocenters. The van der Waals surface area contributed by atoms with Crippen LogP contribution in [0.1, 0.15) is 23.0 Å². The summed E-state index contributed by atoms with van der Waals surface area (Å²) >= 11 is 0. The lowest BCUT2D eigenvalue weighted by Crippen LogP contribution is -2.51. The van der Waals surface area contributed by atoms with Gasteiger partial charge in [-0.1, -0.05) is 24.3 Å². The Morgan fingerprint density at radius 2 is 1.59 bits per heavy atom. The molecule has 9 nitrogen and oxygen atoms in total. The number of methoxy groups -OCH3 is 2. The van der Waals surface area contributed by atoms with Gasteiger partial charge in [0.15, 0.2) is 0 Å². The fourth-order valence-corrected chi connectivity index (χ4v) is 3.96. The highest BCUT2D eigenvalue weighted by atomic mass is 16.5. The number of carbonyl (C=O) groups excluding carboxylic acids is 1. The number of aromatic nitrogens is 3. The first kappa shape index (κ1) is 21.3. The van der Waals surface area contributed by atoms with Crippen molar-refractivity contribution in [3.05, 3.63) is 71.8 Å². The molecule has 3 aromatic rings. The first-order chi connectivity index (χ1) is 15.6. The molecule has 0 unspecified atom stereocenters. The minimum atomic E-state index is -0.280. The number of ether oxygens (including phenoxy) is 2. The molecular weight excluding hydrogens is 408 g/mol. The maximum Gasteiger partial charge on any atom is 0.346 e. The molecule has 1 aliphatic rings. The van der Waals surface area contributed by atoms with Crippen LogP contribution in [0.15, 0.2) is 54.9 Å². The summed E-state index contributed by atoms with van der Waals surface area (Å²) in [5.74, 6) is 1.57. The first-order valence-corrected chi connectivity index (χ1v) is 10.3. The molecule has 9 heteroatoms. The van der Waals surface area contributed by atoms with E-state index in [0.717, 1.165) is 27.3 Å². The zero-order valence-electron chi connectivity index (χ0n) is 18.0. The predicted octanol–water partition coefficient (Wildman–Crippen LogP) is 2.54. The quantitative estimate of drug-likeness (QED) is 0.611. The van der Waals surface area contributed by atoms with E-state index in [1.807, 2.05) is 42.5 Å². The molecule has 164 valence electrons. The van der Waals surface area contributed by atoms with Crippen molar-refractivity contribution in [1.29, 1.82) is 5.26 Å². The molecule has 1 aromatic heterocycles. The van der Waals surface area contributed by atoms with E-state index in [9.17, 15) is 4.79 Å². The number of nitrogens with zero attached hydrogens (tertiary/aromatic N) is 6. The molecule has 0 radical (unpaired) electrons. The average Bonchev–Trinajstić information content (AvgIpc) is 3.34. The number of benzene rings is 2. The Bertz CT molecular complexity index is 1080. The van der Waals surface area contributed by atoms with Gasteiger partial charge in [-0.3, -0.25) is 4.90 Å². The van der Waals surface area contributed by atoms with Gasteiger partial charge in [0.2, 0.25) is 0 Å². The molecule has 1 fully saturated rings. The molecule has 0 N–H and O–H groups in total. The Hall–Kier alpha value is -3.90. The zero-order valence-corrected chi connectivity index (χ0v) is 18.0. The summed E-state index contributed by atoms with van der Waals surface area (Å²) in [6.45, 7) is 2.41. The summed E-state index contributed by atoms with van der Waals surface area (Å²) in [6.07, 6.45) is 1.28. The van der Waals surface area contributed by atoms with E-state index in [-0.39, 0.29) is 17.9 Å². The standard InChI is InChI=1S/C23H24N6O3/c1-31-19-7-3-5-17(13-19)22(18-6-4-8-20(14-18)32-2)27-9-11-28(12-10-27)23(30)29-16-25-21(15-24)26-29/h3-8,13-14,16,22H,9-12H2,1-2H3. The van der Waals surface area contributed by atoms with Gasteiger partial charge in [-0.2, -0.15) is 9.94 Å². The number of nitriles is 1. The maximum atomic E-state index is 12.7. The topological polar surface area (TPSA) is 96.5 Å². The molecule has 1 aliphatic heterocycles. The van der Waals surface area contributed by atoms with Crippen molar-refractivity contribution in [3.8, 4) is 17.6 Å². The van der Waals surface area contributed by atoms with Gasteiger partial charge in [-0.25, -0.2) is 9.78 Å². The summed E-state index contributed by atoms with van der Waals surface area (Å²) in [5, 5.41) is 12.8. The molecule has 32 heavy (non-hydrogen) atoms. The molecule has 1 amide bonds. The Morgan fingerprint density at radius 1 is 1.00 bits per heavy atom. The van der Waals surface area contributed by atoms with E-state index in [1.54, 1.807) is 19.1 Å². The number of carbonyl (C=O) groups is 1. The van der Waals surface area contributed by atoms with Crippen molar-refractivity contribution < 1.29 is 14.3 Å². The second kappa shape index (κ2) is 9.49. The Morgan fingerprint density at radius 3 is 2.09 bits per heavy atom. The van der Waals surface area contributed by atoms with Crippen LogP contribution in [-0.4, -0.2) is 71.0 Å². The van der Waals surface area contributed by atoms with Crippen molar-refractivity contribution in [1.82, 2.24) is 24.6 Å². The molecule has 2 heterocycles. The number of hydrogen-bond acceptors (Lipinski definition) is 7. The molecule has 1 saturated heterocycles. The molecule has 2 aromatic carbocycles. The van der Waals surface area contributed by atoms with Crippen LogP contribution in [0.3, 0.4) is 0 Å². The summed E-state index contributed by atoms with van der Waals surface area (Å²) in [5.41, 5.74) is 2.21. The van der Waals surface area contributed by atoms with Crippen molar-refractivity contribution in [2.75, 3.05) is 40.4 Å². The minimum absolute atomic E-state index is 0.0194. The van der Waals surface area contributed by atoms with Gasteiger partial charge >= 0.3 is 6.03 Å². The van der Waals surface area contributed by atoms with Gasteiger partial charge in [0, 0.05) is 26.2 Å². The number of hydrogen-bond donors (Lipinski definition) is 0. The fourth-order valence-electron chi connectivity index (χ4n) is 3.96. The van der Waals surface area contributed by atoms with Crippen molar-refractivity contribution in [2.45, 2.75) is 6.04 Å². The van der Waals surface area contributed by atoms with Gasteiger partial charge in [-0.05, 0) is 35.4 Å². The third kappa shape index (κ3) is 4.40. The van der Waals surface area contributed by atoms with Gasteiger partial charge < -0.3 is 14.4 Å². The second-order valence-electron chi connectivity index (χ2n) is 7.39. The number of amides is 1. The SMILES string of the molecule is COc1cccc(C(c2cccc(OC)c2)N2CCN(C(=O)n3cnc(C#N)n3)CC2)c1. The van der Waals surface area contributed by atoms with Crippen LogP contribution in [-0.2, 0) is 0 Å². The van der Waals surface area contributed by atoms with E-state index in [1.165, 1.54) is 6.33 Å². The smallest absolute Gasteiger partial charge is 0.346 e. The minimum Gasteiger partial charge on any atom is -0.497 e. The number of piperazine rings is 1. The normalized spacial score (nSPS) is 14.2. The van der Waals surface area contributed by atoms with Crippen LogP contribution >= 0.6 is 0 Å². The van der Waals surface area contributed by atoms with Crippen LogP contribution in [0.25, 0.3) is 0 Å². The zero-order chi connectivity index (χ0) is 22.5. The highest BCUT2D eigenvalue weighted by Gasteiger charge is 2.29. The average molecular weight is 432 g/mol. The second-order valence-corrected chi connectivity index (χ2v) is 7.39. The lowest BCUT2D eigenvalue weighted by Gasteiger charge is -2.39. The third-order valence-electron chi connectivity index (χ3n) is 5.56. The van der Waals surface area contributed by atoms with Crippen LogP contribution in [0.4, 0.5) is 4.79 Å². The highest BCUT2D eigenvalue weighted by Crippen LogP contribution is 2.33. The van der Waals surface area contributed by atoms with Gasteiger partial charge in [-0.15, -0.1) is 5.10 Å². The first-order valence-electron chi connectivity index (χ1n) is 10.3. The number of rotatable bonds is 5. The van der Waals surface area contributed by atoms with Crippen LogP contribution < -0.4 is 9.47 Å². The molecule has 0 bridgehead atoms. The van der Waals surface area contributed by atoms with E-state index in [2.05, 4.69) is 27.1 Å². The molecule has 0 spiro atoms.